The van der Waals surface area contributed by atoms with E-state index in [0.717, 1.165) is 0 Å². The second-order valence-corrected chi connectivity index (χ2v) is 5.58. The number of alkyl halides is 1. The molecule has 0 fully saturated rings. The number of rotatable bonds is 8. The standard InChI is InChI=1S/C16H23ClO3/c1-11(2)19-13-7-8-16(20-12(3)4)14(10-13)15(18)6-5-9-17/h7-8,10-12H,5-6,9H2,1-4H3. The number of benzene rings is 1. The van der Waals surface area contributed by atoms with Crippen molar-refractivity contribution in [1.82, 2.24) is 0 Å². The average molecular weight is 299 g/mol. The molecule has 3 nitrogen and oxygen atoms in total. The van der Waals surface area contributed by atoms with Gasteiger partial charge in [0.05, 0.1) is 17.8 Å². The fourth-order valence-electron chi connectivity index (χ4n) is 1.79. The highest BCUT2D eigenvalue weighted by molar-refractivity contribution is 6.18. The lowest BCUT2D eigenvalue weighted by Gasteiger charge is -2.16. The van der Waals surface area contributed by atoms with E-state index in [1.807, 2.05) is 33.8 Å². The van der Waals surface area contributed by atoms with Crippen molar-refractivity contribution in [3.05, 3.63) is 23.8 Å². The van der Waals surface area contributed by atoms with E-state index in [0.29, 0.717) is 35.8 Å². The molecule has 112 valence electrons. The highest BCUT2D eigenvalue weighted by Gasteiger charge is 2.15. The molecule has 0 unspecified atom stereocenters. The highest BCUT2D eigenvalue weighted by Crippen LogP contribution is 2.27. The van der Waals surface area contributed by atoms with E-state index in [1.165, 1.54) is 0 Å². The van der Waals surface area contributed by atoms with Crippen molar-refractivity contribution < 1.29 is 14.3 Å². The minimum atomic E-state index is 0.0199. The van der Waals surface area contributed by atoms with E-state index in [2.05, 4.69) is 0 Å². The van der Waals surface area contributed by atoms with Gasteiger partial charge in [-0.3, -0.25) is 4.79 Å². The van der Waals surface area contributed by atoms with Crippen LogP contribution in [0, 0.1) is 0 Å². The van der Waals surface area contributed by atoms with Gasteiger partial charge in [0.25, 0.3) is 0 Å². The van der Waals surface area contributed by atoms with Gasteiger partial charge in [-0.25, -0.2) is 0 Å². The number of halogens is 1. The maximum atomic E-state index is 12.2. The Balaban J connectivity index is 3.01. The summed E-state index contributed by atoms with van der Waals surface area (Å²) >= 11 is 5.65. The first-order chi connectivity index (χ1) is 9.43. The SMILES string of the molecule is CC(C)Oc1ccc(OC(C)C)c(C(=O)CCCCl)c1. The number of hydrogen-bond donors (Lipinski definition) is 0. The molecule has 0 aliphatic heterocycles. The summed E-state index contributed by atoms with van der Waals surface area (Å²) in [6.45, 7) is 7.78. The lowest BCUT2D eigenvalue weighted by atomic mass is 10.1. The molecule has 0 aliphatic carbocycles. The molecule has 0 atom stereocenters. The van der Waals surface area contributed by atoms with Gasteiger partial charge in [0, 0.05) is 12.3 Å². The highest BCUT2D eigenvalue weighted by atomic mass is 35.5. The van der Waals surface area contributed by atoms with Crippen molar-refractivity contribution in [2.75, 3.05) is 5.88 Å². The zero-order valence-corrected chi connectivity index (χ0v) is 13.4. The topological polar surface area (TPSA) is 35.5 Å². The predicted octanol–water partition coefficient (Wildman–Crippen LogP) is 4.46. The summed E-state index contributed by atoms with van der Waals surface area (Å²) in [4.78, 5) is 12.2. The Bertz CT molecular complexity index is 441. The number of ether oxygens (including phenoxy) is 2. The number of ketones is 1. The molecule has 0 saturated carbocycles. The van der Waals surface area contributed by atoms with E-state index in [-0.39, 0.29) is 18.0 Å². The molecule has 0 heterocycles. The van der Waals surface area contributed by atoms with Crippen molar-refractivity contribution in [1.29, 1.82) is 0 Å². The Morgan fingerprint density at radius 1 is 1.15 bits per heavy atom. The van der Waals surface area contributed by atoms with Gasteiger partial charge >= 0.3 is 0 Å². The lowest BCUT2D eigenvalue weighted by molar-refractivity contribution is 0.0975. The largest absolute Gasteiger partial charge is 0.491 e. The lowest BCUT2D eigenvalue weighted by Crippen LogP contribution is -2.11. The van der Waals surface area contributed by atoms with Gasteiger partial charge in [-0.2, -0.15) is 0 Å². The summed E-state index contributed by atoms with van der Waals surface area (Å²) < 4.78 is 11.3. The fraction of sp³-hybridized carbons (Fsp3) is 0.562. The molecule has 0 bridgehead atoms. The van der Waals surface area contributed by atoms with Crippen LogP contribution in [0.5, 0.6) is 11.5 Å². The summed E-state index contributed by atoms with van der Waals surface area (Å²) in [5, 5.41) is 0. The Labute approximate surface area is 126 Å². The van der Waals surface area contributed by atoms with Gasteiger partial charge in [0.1, 0.15) is 11.5 Å². The van der Waals surface area contributed by atoms with Crippen LogP contribution in [0.4, 0.5) is 0 Å². The van der Waals surface area contributed by atoms with E-state index >= 15 is 0 Å². The molecule has 20 heavy (non-hydrogen) atoms. The van der Waals surface area contributed by atoms with E-state index < -0.39 is 0 Å². The van der Waals surface area contributed by atoms with Crippen LogP contribution >= 0.6 is 11.6 Å². The molecule has 0 saturated heterocycles. The Kier molecular flexibility index (Phi) is 6.86. The minimum Gasteiger partial charge on any atom is -0.491 e. The molecule has 0 aliphatic rings. The monoisotopic (exact) mass is 298 g/mol. The molecule has 0 amide bonds. The van der Waals surface area contributed by atoms with Gasteiger partial charge in [-0.15, -0.1) is 11.6 Å². The molecule has 4 heteroatoms. The number of carbonyl (C=O) groups is 1. The summed E-state index contributed by atoms with van der Waals surface area (Å²) in [7, 11) is 0. The van der Waals surface area contributed by atoms with Crippen LogP contribution in [0.3, 0.4) is 0 Å². The summed E-state index contributed by atoms with van der Waals surface area (Å²) in [5.74, 6) is 1.81. The Morgan fingerprint density at radius 3 is 2.35 bits per heavy atom. The zero-order valence-electron chi connectivity index (χ0n) is 12.6. The van der Waals surface area contributed by atoms with Crippen molar-refractivity contribution in [3.63, 3.8) is 0 Å². The zero-order chi connectivity index (χ0) is 15.1. The van der Waals surface area contributed by atoms with Crippen molar-refractivity contribution >= 4 is 17.4 Å². The van der Waals surface area contributed by atoms with Crippen LogP contribution in [-0.2, 0) is 0 Å². The van der Waals surface area contributed by atoms with Crippen LogP contribution in [0.1, 0.15) is 50.9 Å². The molecule has 0 radical (unpaired) electrons. The second-order valence-electron chi connectivity index (χ2n) is 5.21. The smallest absolute Gasteiger partial charge is 0.166 e. The Morgan fingerprint density at radius 2 is 1.80 bits per heavy atom. The normalized spacial score (nSPS) is 10.9. The van der Waals surface area contributed by atoms with Crippen LogP contribution in [0.2, 0.25) is 0 Å². The van der Waals surface area contributed by atoms with Crippen LogP contribution < -0.4 is 9.47 Å². The van der Waals surface area contributed by atoms with Gasteiger partial charge in [0.2, 0.25) is 0 Å². The summed E-state index contributed by atoms with van der Waals surface area (Å²) in [6.07, 6.45) is 1.17. The van der Waals surface area contributed by atoms with Gasteiger partial charge in [-0.1, -0.05) is 0 Å². The molecule has 0 spiro atoms. The number of hydrogen-bond acceptors (Lipinski definition) is 3. The van der Waals surface area contributed by atoms with Crippen LogP contribution in [-0.4, -0.2) is 23.9 Å². The predicted molar refractivity (Wildman–Crippen MR) is 82.3 cm³/mol. The molecule has 1 rings (SSSR count). The number of carbonyl (C=O) groups excluding carboxylic acids is 1. The van der Waals surface area contributed by atoms with Gasteiger partial charge < -0.3 is 9.47 Å². The third-order valence-electron chi connectivity index (χ3n) is 2.52. The average Bonchev–Trinajstić information content (AvgIpc) is 2.36. The van der Waals surface area contributed by atoms with Crippen LogP contribution in [0.15, 0.2) is 18.2 Å². The molecule has 0 aromatic heterocycles. The van der Waals surface area contributed by atoms with E-state index in [9.17, 15) is 4.79 Å². The molecule has 1 aromatic rings. The van der Waals surface area contributed by atoms with E-state index in [4.69, 9.17) is 21.1 Å². The first-order valence-electron chi connectivity index (χ1n) is 7.00. The van der Waals surface area contributed by atoms with Crippen molar-refractivity contribution in [3.8, 4) is 11.5 Å². The Hall–Kier alpha value is -1.22. The van der Waals surface area contributed by atoms with E-state index in [1.54, 1.807) is 12.1 Å². The second kappa shape index (κ2) is 8.15. The molecule has 1 aromatic carbocycles. The van der Waals surface area contributed by atoms with Crippen molar-refractivity contribution in [2.24, 2.45) is 0 Å². The first kappa shape index (κ1) is 16.8. The van der Waals surface area contributed by atoms with Crippen LogP contribution in [0.25, 0.3) is 0 Å². The molecular weight excluding hydrogens is 276 g/mol. The minimum absolute atomic E-state index is 0.0199. The quantitative estimate of drug-likeness (QED) is 0.525. The third kappa shape index (κ3) is 5.41. The van der Waals surface area contributed by atoms with Gasteiger partial charge in [-0.05, 0) is 52.3 Å². The maximum absolute atomic E-state index is 12.2. The maximum Gasteiger partial charge on any atom is 0.166 e. The van der Waals surface area contributed by atoms with Gasteiger partial charge in [0.15, 0.2) is 5.78 Å². The molecular formula is C16H23ClO3. The number of Topliss-reactive ketones (excluding diaryl/α,β-unsaturated/α-hetero) is 1. The fourth-order valence-corrected chi connectivity index (χ4v) is 1.92. The summed E-state index contributed by atoms with van der Waals surface area (Å²) in [5.41, 5.74) is 0.571. The summed E-state index contributed by atoms with van der Waals surface area (Å²) in [6, 6.07) is 5.38. The molecule has 0 N–H and O–H groups in total. The third-order valence-corrected chi connectivity index (χ3v) is 2.79. The van der Waals surface area contributed by atoms with Crippen molar-refractivity contribution in [2.45, 2.75) is 52.7 Å². The first-order valence-corrected chi connectivity index (χ1v) is 7.54.